The number of anilines is 1. The molecule has 0 aliphatic carbocycles. The molecule has 0 saturated carbocycles. The molecule has 0 saturated heterocycles. The first-order chi connectivity index (χ1) is 10.9. The normalized spacial score (nSPS) is 19.2. The van der Waals surface area contributed by atoms with Crippen molar-refractivity contribution in [1.82, 2.24) is 0 Å². The van der Waals surface area contributed by atoms with Crippen LogP contribution in [0.2, 0.25) is 0 Å². The second-order valence-electron chi connectivity index (χ2n) is 5.69. The number of nitrogens with one attached hydrogen (secondary N) is 1. The van der Waals surface area contributed by atoms with Gasteiger partial charge in [0.2, 0.25) is 0 Å². The zero-order valence-corrected chi connectivity index (χ0v) is 12.9. The van der Waals surface area contributed by atoms with Crippen LogP contribution in [-0.2, 0) is 10.4 Å². The van der Waals surface area contributed by atoms with Crippen molar-refractivity contribution in [3.8, 4) is 5.75 Å². The van der Waals surface area contributed by atoms with Crippen molar-refractivity contribution in [3.05, 3.63) is 59.2 Å². The average molecular weight is 311 g/mol. The molecule has 0 aromatic heterocycles. The number of amides is 1. The number of ketones is 1. The molecule has 23 heavy (non-hydrogen) atoms. The molecule has 0 spiro atoms. The lowest BCUT2D eigenvalue weighted by atomic mass is 9.87. The molecule has 0 bridgehead atoms. The molecule has 2 aromatic carbocycles. The molecule has 2 aromatic rings. The fourth-order valence-electron chi connectivity index (χ4n) is 2.74. The fourth-order valence-corrected chi connectivity index (χ4v) is 2.74. The van der Waals surface area contributed by atoms with E-state index in [0.717, 1.165) is 5.56 Å². The molecule has 1 aliphatic rings. The summed E-state index contributed by atoms with van der Waals surface area (Å²) < 4.78 is 5.05. The number of hydrogen-bond donors (Lipinski definition) is 2. The fraction of sp³-hybridized carbons (Fsp3) is 0.222. The van der Waals surface area contributed by atoms with E-state index in [1.54, 1.807) is 43.5 Å². The number of benzene rings is 2. The highest BCUT2D eigenvalue weighted by Crippen LogP contribution is 2.39. The third kappa shape index (κ3) is 2.59. The first-order valence-electron chi connectivity index (χ1n) is 7.26. The first kappa shape index (κ1) is 15.2. The van der Waals surface area contributed by atoms with Crippen molar-refractivity contribution in [1.29, 1.82) is 0 Å². The van der Waals surface area contributed by atoms with Crippen molar-refractivity contribution in [2.24, 2.45) is 0 Å². The van der Waals surface area contributed by atoms with Crippen LogP contribution in [0.3, 0.4) is 0 Å². The number of carbonyl (C=O) groups is 2. The topological polar surface area (TPSA) is 75.6 Å². The maximum Gasteiger partial charge on any atom is 0.261 e. The molecule has 0 fully saturated rings. The summed E-state index contributed by atoms with van der Waals surface area (Å²) >= 11 is 0. The Morgan fingerprint density at radius 3 is 2.57 bits per heavy atom. The van der Waals surface area contributed by atoms with E-state index in [-0.39, 0.29) is 12.2 Å². The smallest absolute Gasteiger partial charge is 0.261 e. The second-order valence-corrected chi connectivity index (χ2v) is 5.69. The predicted molar refractivity (Wildman–Crippen MR) is 85.6 cm³/mol. The van der Waals surface area contributed by atoms with Crippen molar-refractivity contribution in [2.75, 3.05) is 12.4 Å². The van der Waals surface area contributed by atoms with Gasteiger partial charge in [0.1, 0.15) is 5.75 Å². The van der Waals surface area contributed by atoms with Crippen LogP contribution in [0.15, 0.2) is 42.5 Å². The number of hydrogen-bond acceptors (Lipinski definition) is 4. The van der Waals surface area contributed by atoms with Gasteiger partial charge in [0.25, 0.3) is 5.91 Å². The molecule has 3 rings (SSSR count). The van der Waals surface area contributed by atoms with Gasteiger partial charge in [-0.15, -0.1) is 0 Å². The van der Waals surface area contributed by atoms with Crippen LogP contribution in [0.25, 0.3) is 0 Å². The molecule has 5 nitrogen and oxygen atoms in total. The van der Waals surface area contributed by atoms with Gasteiger partial charge < -0.3 is 15.2 Å². The number of ether oxygens (including phenoxy) is 1. The van der Waals surface area contributed by atoms with E-state index < -0.39 is 11.5 Å². The number of rotatable bonds is 4. The van der Waals surface area contributed by atoms with Crippen LogP contribution in [-0.4, -0.2) is 23.9 Å². The number of Topliss-reactive ketones (excluding diaryl/α,β-unsaturated/α-hetero) is 1. The summed E-state index contributed by atoms with van der Waals surface area (Å²) in [4.78, 5) is 24.7. The zero-order chi connectivity index (χ0) is 16.6. The van der Waals surface area contributed by atoms with Crippen molar-refractivity contribution in [3.63, 3.8) is 0 Å². The standard InChI is InChI=1S/C18H17NO4/c1-11-3-8-15-14(9-11)18(22,17(21)19-15)10-16(20)12-4-6-13(23-2)7-5-12/h3-9,22H,10H2,1-2H3,(H,19,21)/t18-/m0/s1. The Bertz CT molecular complexity index is 782. The number of aliphatic hydroxyl groups is 1. The minimum Gasteiger partial charge on any atom is -0.497 e. The summed E-state index contributed by atoms with van der Waals surface area (Å²) in [5.74, 6) is -0.237. The molecule has 1 aliphatic heterocycles. The summed E-state index contributed by atoms with van der Waals surface area (Å²) in [7, 11) is 1.54. The van der Waals surface area contributed by atoms with Crippen molar-refractivity contribution >= 4 is 17.4 Å². The van der Waals surface area contributed by atoms with E-state index in [0.29, 0.717) is 22.6 Å². The quantitative estimate of drug-likeness (QED) is 0.850. The molecular weight excluding hydrogens is 294 g/mol. The molecular formula is C18H17NO4. The molecule has 2 N–H and O–H groups in total. The Labute approximate surface area is 133 Å². The maximum absolute atomic E-state index is 12.5. The number of aryl methyl sites for hydroxylation is 1. The minimum absolute atomic E-state index is 0.304. The van der Waals surface area contributed by atoms with E-state index in [1.807, 2.05) is 13.0 Å². The Hall–Kier alpha value is -2.66. The van der Waals surface area contributed by atoms with E-state index in [1.165, 1.54) is 0 Å². The van der Waals surface area contributed by atoms with E-state index in [2.05, 4.69) is 5.32 Å². The molecule has 5 heteroatoms. The molecule has 0 unspecified atom stereocenters. The number of fused-ring (bicyclic) bond motifs is 1. The van der Waals surface area contributed by atoms with Crippen LogP contribution in [0.4, 0.5) is 5.69 Å². The van der Waals surface area contributed by atoms with Gasteiger partial charge in [0.15, 0.2) is 11.4 Å². The molecule has 118 valence electrons. The second kappa shape index (κ2) is 5.52. The molecule has 1 atom stereocenters. The highest BCUT2D eigenvalue weighted by Gasteiger charge is 2.46. The van der Waals surface area contributed by atoms with Crippen LogP contribution < -0.4 is 10.1 Å². The number of methoxy groups -OCH3 is 1. The Morgan fingerprint density at radius 1 is 1.22 bits per heavy atom. The molecule has 1 amide bonds. The predicted octanol–water partition coefficient (Wildman–Crippen LogP) is 2.42. The van der Waals surface area contributed by atoms with Crippen LogP contribution in [0.1, 0.15) is 27.9 Å². The molecule has 1 heterocycles. The van der Waals surface area contributed by atoms with Crippen LogP contribution in [0.5, 0.6) is 5.75 Å². The first-order valence-corrected chi connectivity index (χ1v) is 7.26. The van der Waals surface area contributed by atoms with Gasteiger partial charge in [-0.25, -0.2) is 0 Å². The SMILES string of the molecule is COc1ccc(C(=O)C[C@@]2(O)C(=O)Nc3ccc(C)cc32)cc1. The van der Waals surface area contributed by atoms with Crippen LogP contribution in [0, 0.1) is 6.92 Å². The third-order valence-corrected chi connectivity index (χ3v) is 4.07. The Kier molecular flexibility index (Phi) is 3.66. The van der Waals surface area contributed by atoms with Crippen molar-refractivity contribution < 1.29 is 19.4 Å². The maximum atomic E-state index is 12.5. The van der Waals surface area contributed by atoms with E-state index in [4.69, 9.17) is 4.74 Å². The van der Waals surface area contributed by atoms with E-state index >= 15 is 0 Å². The number of carbonyl (C=O) groups excluding carboxylic acids is 2. The van der Waals surface area contributed by atoms with Gasteiger partial charge in [-0.05, 0) is 37.3 Å². The summed E-state index contributed by atoms with van der Waals surface area (Å²) in [6, 6.07) is 11.9. The summed E-state index contributed by atoms with van der Waals surface area (Å²) in [5.41, 5.74) is 0.497. The molecule has 0 radical (unpaired) electrons. The highest BCUT2D eigenvalue weighted by atomic mass is 16.5. The van der Waals surface area contributed by atoms with E-state index in [9.17, 15) is 14.7 Å². The largest absolute Gasteiger partial charge is 0.497 e. The minimum atomic E-state index is -1.83. The lowest BCUT2D eigenvalue weighted by Crippen LogP contribution is -2.36. The monoisotopic (exact) mass is 311 g/mol. The summed E-state index contributed by atoms with van der Waals surface area (Å²) in [5, 5.41) is 13.4. The Balaban J connectivity index is 1.90. The van der Waals surface area contributed by atoms with Crippen molar-refractivity contribution in [2.45, 2.75) is 18.9 Å². The van der Waals surface area contributed by atoms with Gasteiger partial charge in [-0.2, -0.15) is 0 Å². The van der Waals surface area contributed by atoms with Gasteiger partial charge >= 0.3 is 0 Å². The summed E-state index contributed by atoms with van der Waals surface area (Å²) in [6.07, 6.45) is -0.304. The summed E-state index contributed by atoms with van der Waals surface area (Å²) in [6.45, 7) is 1.87. The highest BCUT2D eigenvalue weighted by molar-refractivity contribution is 6.09. The van der Waals surface area contributed by atoms with Gasteiger partial charge in [0, 0.05) is 16.8 Å². The average Bonchev–Trinajstić information content (AvgIpc) is 2.79. The van der Waals surface area contributed by atoms with Gasteiger partial charge in [-0.3, -0.25) is 9.59 Å². The third-order valence-electron chi connectivity index (χ3n) is 4.07. The zero-order valence-electron chi connectivity index (χ0n) is 12.9. The van der Waals surface area contributed by atoms with Crippen LogP contribution >= 0.6 is 0 Å². The Morgan fingerprint density at radius 2 is 1.91 bits per heavy atom. The lowest BCUT2D eigenvalue weighted by molar-refractivity contribution is -0.133. The van der Waals surface area contributed by atoms with Gasteiger partial charge in [0.05, 0.1) is 13.5 Å². The lowest BCUT2D eigenvalue weighted by Gasteiger charge is -2.20. The van der Waals surface area contributed by atoms with Gasteiger partial charge in [-0.1, -0.05) is 17.7 Å².